The first-order chi connectivity index (χ1) is 13.5. The zero-order valence-electron chi connectivity index (χ0n) is 16.1. The Morgan fingerprint density at radius 1 is 1.07 bits per heavy atom. The van der Waals surface area contributed by atoms with E-state index in [0.717, 1.165) is 30.5 Å². The van der Waals surface area contributed by atoms with Crippen LogP contribution in [-0.4, -0.2) is 26.9 Å². The van der Waals surface area contributed by atoms with Crippen molar-refractivity contribution in [2.24, 2.45) is 5.92 Å². The molecule has 1 aliphatic carbocycles. The van der Waals surface area contributed by atoms with Crippen molar-refractivity contribution in [1.82, 2.24) is 5.32 Å². The first-order valence-electron chi connectivity index (χ1n) is 9.98. The first kappa shape index (κ1) is 19.0. The minimum absolute atomic E-state index is 0.159. The average molecular weight is 399 g/mol. The van der Waals surface area contributed by atoms with Gasteiger partial charge in [-0.25, -0.2) is 8.42 Å². The van der Waals surface area contributed by atoms with Crippen LogP contribution in [0.3, 0.4) is 0 Å². The number of fused-ring (bicyclic) bond motifs is 1. The minimum atomic E-state index is -3.70. The van der Waals surface area contributed by atoms with Gasteiger partial charge in [-0.1, -0.05) is 44.0 Å². The summed E-state index contributed by atoms with van der Waals surface area (Å²) in [5.41, 5.74) is 2.16. The van der Waals surface area contributed by atoms with Crippen LogP contribution in [0, 0.1) is 5.92 Å². The van der Waals surface area contributed by atoms with Crippen molar-refractivity contribution < 1.29 is 13.2 Å². The fraction of sp³-hybridized carbons (Fsp3) is 0.409. The molecule has 148 valence electrons. The maximum atomic E-state index is 13.2. The van der Waals surface area contributed by atoms with Crippen molar-refractivity contribution in [3.05, 3.63) is 59.7 Å². The Kier molecular flexibility index (Phi) is 5.15. The van der Waals surface area contributed by atoms with Crippen LogP contribution >= 0.6 is 0 Å². The molecule has 1 saturated carbocycles. The fourth-order valence-electron chi connectivity index (χ4n) is 4.27. The monoisotopic (exact) mass is 398 g/mol. The van der Waals surface area contributed by atoms with Gasteiger partial charge in [0.05, 0.1) is 10.6 Å². The van der Waals surface area contributed by atoms with Gasteiger partial charge in [-0.3, -0.25) is 9.10 Å². The second kappa shape index (κ2) is 7.59. The van der Waals surface area contributed by atoms with E-state index in [1.807, 2.05) is 24.3 Å². The average Bonchev–Trinajstić information content (AvgIpc) is 3.15. The van der Waals surface area contributed by atoms with Gasteiger partial charge in [0.25, 0.3) is 15.9 Å². The third-order valence-corrected chi connectivity index (χ3v) is 7.77. The molecule has 1 N–H and O–H groups in total. The van der Waals surface area contributed by atoms with Crippen LogP contribution in [0.4, 0.5) is 5.69 Å². The number of anilines is 1. The third-order valence-electron chi connectivity index (χ3n) is 5.96. The normalized spacial score (nSPS) is 22.0. The van der Waals surface area contributed by atoms with Gasteiger partial charge >= 0.3 is 0 Å². The molecule has 0 unspecified atom stereocenters. The number of para-hydroxylation sites is 1. The molecular weight excluding hydrogens is 372 g/mol. The summed E-state index contributed by atoms with van der Waals surface area (Å²) in [5.74, 6) is 0.253. The van der Waals surface area contributed by atoms with Gasteiger partial charge in [-0.2, -0.15) is 0 Å². The molecule has 1 aliphatic heterocycles. The standard InChI is InChI=1S/C22H26N2O3S/c1-16-7-2-4-11-20(16)23-22(25)18-9-6-10-19(15-18)28(26,27)24-14-13-17-8-3-5-12-21(17)24/h3,5-6,8-10,12,15-16,20H,2,4,7,11,13-14H2,1H3,(H,23,25)/t16-,20+/m0/s1. The number of nitrogens with zero attached hydrogens (tertiary/aromatic N) is 1. The summed E-state index contributed by atoms with van der Waals surface area (Å²) in [4.78, 5) is 12.9. The molecule has 1 amide bonds. The van der Waals surface area contributed by atoms with E-state index in [1.165, 1.54) is 16.8 Å². The summed E-state index contributed by atoms with van der Waals surface area (Å²) in [6, 6.07) is 14.1. The van der Waals surface area contributed by atoms with E-state index >= 15 is 0 Å². The Labute approximate surface area is 166 Å². The van der Waals surface area contributed by atoms with Crippen molar-refractivity contribution in [3.8, 4) is 0 Å². The maximum absolute atomic E-state index is 13.2. The van der Waals surface area contributed by atoms with Crippen LogP contribution in [0.1, 0.15) is 48.5 Å². The molecule has 28 heavy (non-hydrogen) atoms. The number of amides is 1. The topological polar surface area (TPSA) is 66.5 Å². The van der Waals surface area contributed by atoms with Crippen molar-refractivity contribution in [2.75, 3.05) is 10.8 Å². The zero-order valence-corrected chi connectivity index (χ0v) is 16.9. The maximum Gasteiger partial charge on any atom is 0.264 e. The number of hydrogen-bond donors (Lipinski definition) is 1. The summed E-state index contributed by atoms with van der Waals surface area (Å²) < 4.78 is 27.9. The summed E-state index contributed by atoms with van der Waals surface area (Å²) in [5, 5.41) is 3.10. The van der Waals surface area contributed by atoms with Crippen LogP contribution in [0.2, 0.25) is 0 Å². The Balaban J connectivity index is 1.57. The largest absolute Gasteiger partial charge is 0.349 e. The van der Waals surface area contributed by atoms with Gasteiger partial charge < -0.3 is 5.32 Å². The molecule has 2 aliphatic rings. The second-order valence-electron chi connectivity index (χ2n) is 7.83. The van der Waals surface area contributed by atoms with Crippen molar-refractivity contribution >= 4 is 21.6 Å². The van der Waals surface area contributed by atoms with E-state index < -0.39 is 10.0 Å². The van der Waals surface area contributed by atoms with Gasteiger partial charge in [-0.05, 0) is 55.0 Å². The highest BCUT2D eigenvalue weighted by Crippen LogP contribution is 2.33. The highest BCUT2D eigenvalue weighted by atomic mass is 32.2. The summed E-state index contributed by atoms with van der Waals surface area (Å²) in [6.45, 7) is 2.59. The molecule has 0 saturated heterocycles. The fourth-order valence-corrected chi connectivity index (χ4v) is 5.81. The number of benzene rings is 2. The van der Waals surface area contributed by atoms with Crippen LogP contribution in [0.5, 0.6) is 0 Å². The summed E-state index contributed by atoms with van der Waals surface area (Å²) in [6.07, 6.45) is 5.13. The van der Waals surface area contributed by atoms with Crippen LogP contribution in [-0.2, 0) is 16.4 Å². The summed E-state index contributed by atoms with van der Waals surface area (Å²) in [7, 11) is -3.70. The number of rotatable bonds is 4. The minimum Gasteiger partial charge on any atom is -0.349 e. The van der Waals surface area contributed by atoms with Crippen LogP contribution in [0.15, 0.2) is 53.4 Å². The lowest BCUT2D eigenvalue weighted by molar-refractivity contribution is 0.0910. The number of carbonyl (C=O) groups excluding carboxylic acids is 1. The van der Waals surface area contributed by atoms with E-state index in [4.69, 9.17) is 0 Å². The molecule has 1 heterocycles. The second-order valence-corrected chi connectivity index (χ2v) is 9.69. The Morgan fingerprint density at radius 3 is 2.68 bits per heavy atom. The molecular formula is C22H26N2O3S. The van der Waals surface area contributed by atoms with Crippen LogP contribution in [0.25, 0.3) is 0 Å². The van der Waals surface area contributed by atoms with E-state index in [0.29, 0.717) is 24.4 Å². The predicted molar refractivity (Wildman–Crippen MR) is 110 cm³/mol. The number of hydrogen-bond acceptors (Lipinski definition) is 3. The van der Waals surface area contributed by atoms with Gasteiger partial charge in [0.1, 0.15) is 0 Å². The Bertz CT molecular complexity index is 987. The lowest BCUT2D eigenvalue weighted by Crippen LogP contribution is -2.41. The third kappa shape index (κ3) is 3.53. The van der Waals surface area contributed by atoms with E-state index in [-0.39, 0.29) is 16.8 Å². The molecule has 6 heteroatoms. The quantitative estimate of drug-likeness (QED) is 0.853. The molecule has 4 rings (SSSR count). The zero-order chi connectivity index (χ0) is 19.7. The van der Waals surface area contributed by atoms with Gasteiger partial charge in [-0.15, -0.1) is 0 Å². The Hall–Kier alpha value is -2.34. The van der Waals surface area contributed by atoms with Crippen molar-refractivity contribution in [3.63, 3.8) is 0 Å². The molecule has 0 aromatic heterocycles. The van der Waals surface area contributed by atoms with Gasteiger partial charge in [0, 0.05) is 18.2 Å². The van der Waals surface area contributed by atoms with Crippen molar-refractivity contribution in [1.29, 1.82) is 0 Å². The number of nitrogens with one attached hydrogen (secondary N) is 1. The van der Waals surface area contributed by atoms with Crippen LogP contribution < -0.4 is 9.62 Å². The lowest BCUT2D eigenvalue weighted by Gasteiger charge is -2.29. The first-order valence-corrected chi connectivity index (χ1v) is 11.4. The molecule has 2 aromatic carbocycles. The van der Waals surface area contributed by atoms with Gasteiger partial charge in [0.15, 0.2) is 0 Å². The molecule has 2 atom stereocenters. The summed E-state index contributed by atoms with van der Waals surface area (Å²) >= 11 is 0. The molecule has 0 bridgehead atoms. The van der Waals surface area contributed by atoms with Crippen molar-refractivity contribution in [2.45, 2.75) is 50.0 Å². The molecule has 2 aromatic rings. The van der Waals surface area contributed by atoms with Gasteiger partial charge in [0.2, 0.25) is 0 Å². The number of carbonyl (C=O) groups is 1. The molecule has 1 fully saturated rings. The van der Waals surface area contributed by atoms with E-state index in [9.17, 15) is 13.2 Å². The van der Waals surface area contributed by atoms with E-state index in [2.05, 4.69) is 12.2 Å². The SMILES string of the molecule is C[C@H]1CCCC[C@H]1NC(=O)c1cccc(S(=O)(=O)N2CCc3ccccc32)c1. The lowest BCUT2D eigenvalue weighted by atomic mass is 9.86. The Morgan fingerprint density at radius 2 is 1.86 bits per heavy atom. The molecule has 0 spiro atoms. The van der Waals surface area contributed by atoms with E-state index in [1.54, 1.807) is 18.2 Å². The molecule has 5 nitrogen and oxygen atoms in total. The molecule has 0 radical (unpaired) electrons. The smallest absolute Gasteiger partial charge is 0.264 e. The predicted octanol–water partition coefficient (Wildman–Crippen LogP) is 3.75. The highest BCUT2D eigenvalue weighted by Gasteiger charge is 2.31. The highest BCUT2D eigenvalue weighted by molar-refractivity contribution is 7.92. The number of sulfonamides is 1.